The molecule has 4 fully saturated rings. The Morgan fingerprint density at radius 3 is 2.46 bits per heavy atom. The minimum absolute atomic E-state index is 0.211. The van der Waals surface area contributed by atoms with Gasteiger partial charge >= 0.3 is 0 Å². The minimum Gasteiger partial charge on any atom is -0.347 e. The summed E-state index contributed by atoms with van der Waals surface area (Å²) in [7, 11) is -3.73. The highest BCUT2D eigenvalue weighted by atomic mass is 32.2. The lowest BCUT2D eigenvalue weighted by Gasteiger charge is -2.59. The molecule has 5 nitrogen and oxygen atoms in total. The van der Waals surface area contributed by atoms with Crippen LogP contribution in [0.3, 0.4) is 0 Å². The molecule has 6 heteroatoms. The zero-order chi connectivity index (χ0) is 26.1. The van der Waals surface area contributed by atoms with E-state index in [4.69, 9.17) is 13.7 Å². The Hall–Kier alpha value is -1.21. The highest BCUT2D eigenvalue weighted by Gasteiger charge is 2.60. The number of hydrogen-bond donors (Lipinski definition) is 0. The van der Waals surface area contributed by atoms with Gasteiger partial charge in [0.05, 0.1) is 24.7 Å². The molecule has 0 aromatic heterocycles. The van der Waals surface area contributed by atoms with E-state index >= 15 is 0 Å². The van der Waals surface area contributed by atoms with E-state index in [1.54, 1.807) is 17.7 Å². The average Bonchev–Trinajstić information content (AvgIpc) is 3.47. The zero-order valence-electron chi connectivity index (χ0n) is 23.0. The van der Waals surface area contributed by atoms with Crippen LogP contribution < -0.4 is 0 Å². The van der Waals surface area contributed by atoms with Crippen LogP contribution in [0.15, 0.2) is 40.8 Å². The van der Waals surface area contributed by atoms with Crippen molar-refractivity contribution in [3.8, 4) is 0 Å². The molecule has 7 atom stereocenters. The van der Waals surface area contributed by atoms with Crippen LogP contribution in [0.1, 0.15) is 77.7 Å². The van der Waals surface area contributed by atoms with Crippen LogP contribution >= 0.6 is 0 Å². The van der Waals surface area contributed by atoms with Crippen molar-refractivity contribution in [2.75, 3.05) is 19.8 Å². The zero-order valence-corrected chi connectivity index (χ0v) is 23.8. The predicted octanol–water partition coefficient (Wildman–Crippen LogP) is 6.66. The molecule has 37 heavy (non-hydrogen) atoms. The van der Waals surface area contributed by atoms with E-state index < -0.39 is 10.1 Å². The monoisotopic (exact) mass is 528 g/mol. The van der Waals surface area contributed by atoms with Crippen molar-refractivity contribution in [2.45, 2.75) is 89.7 Å². The van der Waals surface area contributed by atoms with Gasteiger partial charge in [0, 0.05) is 12.8 Å². The molecule has 0 radical (unpaired) electrons. The molecule has 1 aliphatic heterocycles. The number of aryl methyl sites for hydroxylation is 1. The van der Waals surface area contributed by atoms with E-state index in [-0.39, 0.29) is 34.0 Å². The summed E-state index contributed by atoms with van der Waals surface area (Å²) >= 11 is 0. The fraction of sp³-hybridized carbons (Fsp3) is 0.742. The summed E-state index contributed by atoms with van der Waals surface area (Å²) in [5, 5.41) is 0. The van der Waals surface area contributed by atoms with Crippen molar-refractivity contribution < 1.29 is 22.1 Å². The molecule has 1 aromatic carbocycles. The number of allylic oxidation sites excluding steroid dienone is 1. The Morgan fingerprint density at radius 1 is 1.00 bits per heavy atom. The second-order valence-electron chi connectivity index (χ2n) is 13.3. The van der Waals surface area contributed by atoms with Gasteiger partial charge in [0.2, 0.25) is 0 Å². The SMILES string of the molecule is Cc1ccc(S(=O)(=O)OC[C@@H](C)C2CCC3C4CC=C5CC6(CCC5(C)C4CCC32C)OCCO6)cc1. The lowest BCUT2D eigenvalue weighted by Crippen LogP contribution is -2.52. The molecule has 6 unspecified atom stereocenters. The number of rotatable bonds is 5. The molecule has 1 saturated heterocycles. The molecule has 0 amide bonds. The van der Waals surface area contributed by atoms with Crippen LogP contribution in [-0.2, 0) is 23.8 Å². The third-order valence-corrected chi connectivity index (χ3v) is 12.8. The second-order valence-corrected chi connectivity index (χ2v) is 14.9. The van der Waals surface area contributed by atoms with Crippen molar-refractivity contribution >= 4 is 10.1 Å². The van der Waals surface area contributed by atoms with Gasteiger partial charge in [-0.25, -0.2) is 0 Å². The van der Waals surface area contributed by atoms with E-state index in [9.17, 15) is 8.42 Å². The van der Waals surface area contributed by atoms with Gasteiger partial charge < -0.3 is 9.47 Å². The lowest BCUT2D eigenvalue weighted by atomic mass is 9.47. The first-order valence-electron chi connectivity index (χ1n) is 14.5. The van der Waals surface area contributed by atoms with Crippen molar-refractivity contribution in [3.63, 3.8) is 0 Å². The number of ether oxygens (including phenoxy) is 2. The molecule has 1 aromatic rings. The fourth-order valence-electron chi connectivity index (χ4n) is 9.41. The smallest absolute Gasteiger partial charge is 0.296 e. The third kappa shape index (κ3) is 4.25. The molecule has 5 aliphatic rings. The van der Waals surface area contributed by atoms with Gasteiger partial charge in [-0.3, -0.25) is 4.18 Å². The van der Waals surface area contributed by atoms with E-state index in [0.29, 0.717) is 11.8 Å². The molecule has 4 aliphatic carbocycles. The van der Waals surface area contributed by atoms with E-state index in [0.717, 1.165) is 49.9 Å². The van der Waals surface area contributed by atoms with Crippen molar-refractivity contribution in [1.82, 2.24) is 0 Å². The Bertz CT molecular complexity index is 1150. The fourth-order valence-corrected chi connectivity index (χ4v) is 10.4. The first-order valence-corrected chi connectivity index (χ1v) is 15.9. The molecule has 1 heterocycles. The standard InChI is InChI=1S/C31H44O5S/c1-21-5-8-24(9-6-21)37(32,33)36-20-22(2)26-11-12-27-25-10-7-23-19-31(34-17-18-35-31)16-15-29(23,3)28(25)13-14-30(26,27)4/h5-9,22,25-28H,10-20H2,1-4H3/t22-,25?,26?,27?,28?,29?,30?/m1/s1. The Labute approximate surface area is 223 Å². The molecule has 3 saturated carbocycles. The first-order chi connectivity index (χ1) is 17.6. The molecule has 0 bridgehead atoms. The van der Waals surface area contributed by atoms with Crippen LogP contribution in [-0.4, -0.2) is 34.0 Å². The average molecular weight is 529 g/mol. The topological polar surface area (TPSA) is 61.8 Å². The number of benzene rings is 1. The largest absolute Gasteiger partial charge is 0.347 e. The summed E-state index contributed by atoms with van der Waals surface area (Å²) in [4.78, 5) is 0.252. The maximum atomic E-state index is 12.8. The number of hydrogen-bond acceptors (Lipinski definition) is 5. The van der Waals surface area contributed by atoms with Gasteiger partial charge in [-0.2, -0.15) is 8.42 Å². The molecule has 6 rings (SSSR count). The molecule has 1 spiro atoms. The van der Waals surface area contributed by atoms with E-state index in [2.05, 4.69) is 26.8 Å². The van der Waals surface area contributed by atoms with Crippen LogP contribution in [0.2, 0.25) is 0 Å². The van der Waals surface area contributed by atoms with Crippen LogP contribution in [0, 0.1) is 47.3 Å². The van der Waals surface area contributed by atoms with Crippen LogP contribution in [0.25, 0.3) is 0 Å². The lowest BCUT2D eigenvalue weighted by molar-refractivity contribution is -0.185. The summed E-state index contributed by atoms with van der Waals surface area (Å²) in [6, 6.07) is 6.94. The highest BCUT2D eigenvalue weighted by Crippen LogP contribution is 2.68. The second kappa shape index (κ2) is 9.18. The normalized spacial score (nSPS) is 39.5. The van der Waals surface area contributed by atoms with Gasteiger partial charge in [0.15, 0.2) is 5.79 Å². The van der Waals surface area contributed by atoms with Gasteiger partial charge in [0.1, 0.15) is 0 Å². The maximum absolute atomic E-state index is 12.8. The van der Waals surface area contributed by atoms with Crippen molar-refractivity contribution in [1.29, 1.82) is 0 Å². The molecule has 204 valence electrons. The summed E-state index contributed by atoms with van der Waals surface area (Å²) in [6.07, 6.45) is 11.8. The Kier molecular flexibility index (Phi) is 6.46. The van der Waals surface area contributed by atoms with Gasteiger partial charge in [-0.1, -0.05) is 50.1 Å². The molecular weight excluding hydrogens is 484 g/mol. The minimum atomic E-state index is -3.73. The highest BCUT2D eigenvalue weighted by molar-refractivity contribution is 7.86. The molecular formula is C31H44O5S. The van der Waals surface area contributed by atoms with Crippen LogP contribution in [0.4, 0.5) is 0 Å². The summed E-state index contributed by atoms with van der Waals surface area (Å²) in [5.41, 5.74) is 3.15. The maximum Gasteiger partial charge on any atom is 0.296 e. The van der Waals surface area contributed by atoms with Gasteiger partial charge in [-0.15, -0.1) is 0 Å². The quantitative estimate of drug-likeness (QED) is 0.316. The Balaban J connectivity index is 1.15. The van der Waals surface area contributed by atoms with Gasteiger partial charge in [-0.05, 0) is 98.0 Å². The number of fused-ring (bicyclic) bond motifs is 5. The summed E-state index contributed by atoms with van der Waals surface area (Å²) < 4.78 is 43.5. The first kappa shape index (κ1) is 26.0. The Morgan fingerprint density at radius 2 is 1.73 bits per heavy atom. The van der Waals surface area contributed by atoms with Crippen LogP contribution in [0.5, 0.6) is 0 Å². The molecule has 0 N–H and O–H groups in total. The van der Waals surface area contributed by atoms with Gasteiger partial charge in [0.25, 0.3) is 10.1 Å². The van der Waals surface area contributed by atoms with Crippen molar-refractivity contribution in [3.05, 3.63) is 41.5 Å². The predicted molar refractivity (Wildman–Crippen MR) is 143 cm³/mol. The summed E-state index contributed by atoms with van der Waals surface area (Å²) in [6.45, 7) is 10.9. The van der Waals surface area contributed by atoms with Crippen molar-refractivity contribution in [2.24, 2.45) is 40.4 Å². The summed E-state index contributed by atoms with van der Waals surface area (Å²) in [5.74, 6) is 2.52. The van der Waals surface area contributed by atoms with E-state index in [1.807, 2.05) is 19.1 Å². The van der Waals surface area contributed by atoms with E-state index in [1.165, 1.54) is 32.1 Å². The third-order valence-electron chi connectivity index (χ3n) is 11.5.